The lowest BCUT2D eigenvalue weighted by Gasteiger charge is -2.31. The number of anilines is 1. The van der Waals surface area contributed by atoms with Crippen LogP contribution in [-0.2, 0) is 26.2 Å². The Balaban J connectivity index is 1.49. The third-order valence-corrected chi connectivity index (χ3v) is 8.15. The topological polar surface area (TPSA) is 86.8 Å². The molecule has 0 radical (unpaired) electrons. The summed E-state index contributed by atoms with van der Waals surface area (Å²) in [6, 6.07) is 19.7. The molecule has 36 heavy (non-hydrogen) atoms. The van der Waals surface area contributed by atoms with Crippen molar-refractivity contribution in [3.05, 3.63) is 72.3 Å². The third-order valence-electron chi connectivity index (χ3n) is 6.29. The molecule has 2 amide bonds. The van der Waals surface area contributed by atoms with E-state index in [-0.39, 0.29) is 24.8 Å². The first-order valence-corrected chi connectivity index (χ1v) is 13.6. The Morgan fingerprint density at radius 3 is 2.31 bits per heavy atom. The fourth-order valence-corrected chi connectivity index (χ4v) is 6.30. The zero-order valence-corrected chi connectivity index (χ0v) is 22.0. The Hall–Kier alpha value is -3.39. The molecule has 3 aromatic carbocycles. The molecule has 1 aliphatic heterocycles. The van der Waals surface area contributed by atoms with E-state index in [1.54, 1.807) is 30.0 Å². The molecule has 190 valence electrons. The molecule has 0 saturated heterocycles. The average Bonchev–Trinajstić information content (AvgIpc) is 3.05. The van der Waals surface area contributed by atoms with Crippen LogP contribution in [0.5, 0.6) is 0 Å². The molecule has 1 aliphatic rings. The predicted molar refractivity (Wildman–Crippen MR) is 142 cm³/mol. The molecule has 1 atom stereocenters. The van der Waals surface area contributed by atoms with Crippen LogP contribution in [0.25, 0.3) is 10.8 Å². The Labute approximate surface area is 213 Å². The van der Waals surface area contributed by atoms with Crippen LogP contribution in [-0.4, -0.2) is 43.3 Å². The van der Waals surface area contributed by atoms with Crippen LogP contribution in [0.4, 0.5) is 5.69 Å². The fourth-order valence-electron chi connectivity index (χ4n) is 4.55. The average molecular weight is 508 g/mol. The fraction of sp³-hybridized carbons (Fsp3) is 0.357. The molecule has 0 saturated carbocycles. The van der Waals surface area contributed by atoms with E-state index in [0.717, 1.165) is 16.3 Å². The van der Waals surface area contributed by atoms with Gasteiger partial charge in [0, 0.05) is 30.4 Å². The number of hydrogen-bond donors (Lipinski definition) is 1. The quantitative estimate of drug-likeness (QED) is 0.488. The second-order valence-electron chi connectivity index (χ2n) is 10.2. The summed E-state index contributed by atoms with van der Waals surface area (Å²) in [4.78, 5) is 28.2. The summed E-state index contributed by atoms with van der Waals surface area (Å²) < 4.78 is 27.8. The van der Waals surface area contributed by atoms with Gasteiger partial charge < -0.3 is 10.2 Å². The molecule has 8 heteroatoms. The number of hydrogen-bond acceptors (Lipinski definition) is 4. The predicted octanol–water partition coefficient (Wildman–Crippen LogP) is 4.46. The standard InChI is InChI=1S/C28H33N3O4S/c1-20(27(33)29-28(2,3)4)30(19-21-11-6-5-7-12-21)25(32)17-10-18-31-23-15-8-13-22-14-9-16-24(26(22)23)36(31,34)35/h5-9,11-16,20H,10,17-19H2,1-4H3,(H,29,33)/t20-/m0/s1. The van der Waals surface area contributed by atoms with Crippen LogP contribution in [0.15, 0.2) is 71.6 Å². The van der Waals surface area contributed by atoms with Gasteiger partial charge in [0.2, 0.25) is 11.8 Å². The van der Waals surface area contributed by atoms with Crippen LogP contribution in [0.2, 0.25) is 0 Å². The highest BCUT2D eigenvalue weighted by Crippen LogP contribution is 2.42. The van der Waals surface area contributed by atoms with E-state index in [1.165, 1.54) is 4.31 Å². The summed E-state index contributed by atoms with van der Waals surface area (Å²) in [6.07, 6.45) is 0.458. The number of carbonyl (C=O) groups excluding carboxylic acids is 2. The second kappa shape index (κ2) is 9.93. The highest BCUT2D eigenvalue weighted by molar-refractivity contribution is 7.93. The molecule has 4 rings (SSSR count). The summed E-state index contributed by atoms with van der Waals surface area (Å²) in [6.45, 7) is 7.90. The number of nitrogens with one attached hydrogen (secondary N) is 1. The molecule has 0 spiro atoms. The first-order valence-electron chi connectivity index (χ1n) is 12.2. The lowest BCUT2D eigenvalue weighted by molar-refractivity contribution is -0.141. The maximum Gasteiger partial charge on any atom is 0.265 e. The van der Waals surface area contributed by atoms with E-state index in [0.29, 0.717) is 23.5 Å². The smallest absolute Gasteiger partial charge is 0.265 e. The highest BCUT2D eigenvalue weighted by atomic mass is 32.2. The third kappa shape index (κ3) is 5.23. The summed E-state index contributed by atoms with van der Waals surface area (Å²) in [7, 11) is -3.67. The van der Waals surface area contributed by atoms with Crippen molar-refractivity contribution >= 4 is 38.3 Å². The van der Waals surface area contributed by atoms with Crippen LogP contribution in [0.1, 0.15) is 46.1 Å². The lowest BCUT2D eigenvalue weighted by Crippen LogP contribution is -2.52. The first kappa shape index (κ1) is 25.7. The van der Waals surface area contributed by atoms with Crippen molar-refractivity contribution in [3.8, 4) is 0 Å². The van der Waals surface area contributed by atoms with Crippen molar-refractivity contribution in [1.82, 2.24) is 10.2 Å². The molecule has 0 bridgehead atoms. The van der Waals surface area contributed by atoms with Crippen molar-refractivity contribution in [2.24, 2.45) is 0 Å². The lowest BCUT2D eigenvalue weighted by atomic mass is 10.1. The van der Waals surface area contributed by atoms with E-state index in [4.69, 9.17) is 0 Å². The summed E-state index contributed by atoms with van der Waals surface area (Å²) in [5.74, 6) is -0.418. The van der Waals surface area contributed by atoms with Gasteiger partial charge in [0.15, 0.2) is 0 Å². The number of rotatable bonds is 8. The minimum Gasteiger partial charge on any atom is -0.350 e. The Kier molecular flexibility index (Phi) is 7.09. The van der Waals surface area contributed by atoms with Crippen molar-refractivity contribution in [3.63, 3.8) is 0 Å². The number of benzene rings is 3. The maximum atomic E-state index is 13.4. The van der Waals surface area contributed by atoms with Gasteiger partial charge in [0.1, 0.15) is 6.04 Å². The van der Waals surface area contributed by atoms with Crippen LogP contribution >= 0.6 is 0 Å². The van der Waals surface area contributed by atoms with E-state index in [9.17, 15) is 18.0 Å². The summed E-state index contributed by atoms with van der Waals surface area (Å²) >= 11 is 0. The molecule has 3 aromatic rings. The maximum absolute atomic E-state index is 13.4. The molecule has 1 heterocycles. The zero-order valence-electron chi connectivity index (χ0n) is 21.2. The zero-order chi connectivity index (χ0) is 26.1. The van der Waals surface area contributed by atoms with E-state index in [1.807, 2.05) is 69.3 Å². The van der Waals surface area contributed by atoms with E-state index in [2.05, 4.69) is 5.32 Å². The van der Waals surface area contributed by atoms with Crippen molar-refractivity contribution in [2.75, 3.05) is 10.8 Å². The van der Waals surface area contributed by atoms with Gasteiger partial charge in [-0.3, -0.25) is 13.9 Å². The molecular formula is C28H33N3O4S. The van der Waals surface area contributed by atoms with Gasteiger partial charge in [0.05, 0.1) is 10.6 Å². The van der Waals surface area contributed by atoms with Gasteiger partial charge in [0.25, 0.3) is 10.0 Å². The molecule has 0 aliphatic carbocycles. The molecule has 0 unspecified atom stereocenters. The minimum absolute atomic E-state index is 0.123. The van der Waals surface area contributed by atoms with E-state index < -0.39 is 21.6 Å². The minimum atomic E-state index is -3.67. The Morgan fingerprint density at radius 1 is 0.972 bits per heavy atom. The second-order valence-corrected chi connectivity index (χ2v) is 12.1. The van der Waals surface area contributed by atoms with E-state index >= 15 is 0 Å². The highest BCUT2D eigenvalue weighted by Gasteiger charge is 2.35. The first-order chi connectivity index (χ1) is 17.0. The van der Waals surface area contributed by atoms with Gasteiger partial charge in [-0.1, -0.05) is 54.6 Å². The molecular weight excluding hydrogens is 474 g/mol. The monoisotopic (exact) mass is 507 g/mol. The normalized spacial score (nSPS) is 15.1. The van der Waals surface area contributed by atoms with Gasteiger partial charge in [-0.25, -0.2) is 8.42 Å². The number of amides is 2. The van der Waals surface area contributed by atoms with Crippen molar-refractivity contribution in [1.29, 1.82) is 0 Å². The molecule has 1 N–H and O–H groups in total. The van der Waals surface area contributed by atoms with Gasteiger partial charge in [-0.2, -0.15) is 0 Å². The number of carbonyl (C=O) groups is 2. The number of sulfonamides is 1. The van der Waals surface area contributed by atoms with Crippen molar-refractivity contribution < 1.29 is 18.0 Å². The molecule has 0 aromatic heterocycles. The molecule has 0 fully saturated rings. The molecule has 7 nitrogen and oxygen atoms in total. The van der Waals surface area contributed by atoms with Crippen LogP contribution in [0.3, 0.4) is 0 Å². The van der Waals surface area contributed by atoms with Crippen LogP contribution < -0.4 is 9.62 Å². The van der Waals surface area contributed by atoms with Gasteiger partial charge in [-0.15, -0.1) is 0 Å². The van der Waals surface area contributed by atoms with Gasteiger partial charge in [-0.05, 0) is 57.2 Å². The largest absolute Gasteiger partial charge is 0.350 e. The SMILES string of the molecule is C[C@@H](C(=O)NC(C)(C)C)N(Cc1ccccc1)C(=O)CCCN1c2cccc3cccc(c23)S1(=O)=O. The van der Waals surface area contributed by atoms with Crippen LogP contribution in [0, 0.1) is 0 Å². The Bertz CT molecular complexity index is 1380. The van der Waals surface area contributed by atoms with Gasteiger partial charge >= 0.3 is 0 Å². The summed E-state index contributed by atoms with van der Waals surface area (Å²) in [5, 5.41) is 4.55. The Morgan fingerprint density at radius 2 is 1.64 bits per heavy atom. The van der Waals surface area contributed by atoms with Crippen molar-refractivity contribution in [2.45, 2.75) is 63.6 Å². The number of nitrogens with zero attached hydrogens (tertiary/aromatic N) is 2. The summed E-state index contributed by atoms with van der Waals surface area (Å²) in [5.41, 5.74) is 1.15.